The normalized spacial score (nSPS) is 21.0. The van der Waals surface area contributed by atoms with Crippen molar-refractivity contribution >= 4 is 11.7 Å². The van der Waals surface area contributed by atoms with Gasteiger partial charge in [-0.2, -0.15) is 0 Å². The van der Waals surface area contributed by atoms with Crippen molar-refractivity contribution in [2.24, 2.45) is 0 Å². The summed E-state index contributed by atoms with van der Waals surface area (Å²) in [6, 6.07) is 17.6. The number of urea groups is 1. The lowest BCUT2D eigenvalue weighted by molar-refractivity contribution is -0.0415. The van der Waals surface area contributed by atoms with Gasteiger partial charge in [-0.05, 0) is 44.0 Å². The van der Waals surface area contributed by atoms with Gasteiger partial charge in [0.05, 0.1) is 18.4 Å². The molecular formula is C23H29N3O3. The van der Waals surface area contributed by atoms with Crippen LogP contribution in [0.4, 0.5) is 10.5 Å². The van der Waals surface area contributed by atoms with Crippen LogP contribution in [-0.2, 0) is 4.74 Å². The minimum absolute atomic E-state index is 0.0668. The number of likely N-dealkylation sites (tertiary alicyclic amines) is 1. The molecule has 1 N–H and O–H groups in total. The van der Waals surface area contributed by atoms with E-state index in [9.17, 15) is 4.79 Å². The summed E-state index contributed by atoms with van der Waals surface area (Å²) in [5.74, 6) is 1.39. The summed E-state index contributed by atoms with van der Waals surface area (Å²) in [6.07, 6.45) is 2.30. The van der Waals surface area contributed by atoms with Crippen molar-refractivity contribution in [3.05, 3.63) is 54.6 Å². The zero-order valence-electron chi connectivity index (χ0n) is 16.9. The van der Waals surface area contributed by atoms with Gasteiger partial charge in [0.15, 0.2) is 5.75 Å². The molecule has 2 aliphatic rings. The highest BCUT2D eigenvalue weighted by Gasteiger charge is 2.29. The third kappa shape index (κ3) is 5.08. The van der Waals surface area contributed by atoms with Gasteiger partial charge in [-0.3, -0.25) is 4.90 Å². The first kappa shape index (κ1) is 19.7. The fraction of sp³-hybridized carbons (Fsp3) is 0.435. The summed E-state index contributed by atoms with van der Waals surface area (Å²) >= 11 is 0. The number of hydrogen-bond acceptors (Lipinski definition) is 4. The lowest BCUT2D eigenvalue weighted by Gasteiger charge is -2.41. The van der Waals surface area contributed by atoms with E-state index in [1.54, 1.807) is 0 Å². The molecule has 4 rings (SSSR count). The molecule has 0 bridgehead atoms. The predicted octanol–water partition coefficient (Wildman–Crippen LogP) is 4.20. The van der Waals surface area contributed by atoms with Crippen LogP contribution in [0.3, 0.4) is 0 Å². The molecular weight excluding hydrogens is 366 g/mol. The van der Waals surface area contributed by atoms with E-state index in [1.165, 1.54) is 0 Å². The van der Waals surface area contributed by atoms with Crippen LogP contribution in [0.25, 0.3) is 0 Å². The Morgan fingerprint density at radius 2 is 1.76 bits per heavy atom. The fourth-order valence-corrected chi connectivity index (χ4v) is 4.08. The molecule has 6 nitrogen and oxygen atoms in total. The Hall–Kier alpha value is -2.57. The lowest BCUT2D eigenvalue weighted by atomic mass is 10.0. The molecule has 1 unspecified atom stereocenters. The maximum Gasteiger partial charge on any atom is 0.321 e. The number of piperidine rings is 1. The van der Waals surface area contributed by atoms with Crippen LogP contribution in [0.2, 0.25) is 0 Å². The van der Waals surface area contributed by atoms with E-state index in [0.29, 0.717) is 23.6 Å². The van der Waals surface area contributed by atoms with Crippen molar-refractivity contribution in [1.29, 1.82) is 0 Å². The van der Waals surface area contributed by atoms with E-state index in [1.807, 2.05) is 59.5 Å². The number of nitrogens with zero attached hydrogens (tertiary/aromatic N) is 2. The topological polar surface area (TPSA) is 54.0 Å². The van der Waals surface area contributed by atoms with E-state index >= 15 is 0 Å². The standard InChI is InChI=1S/C23H29N3O3/c1-18-17-26(15-16-28-18)19-11-13-25(14-12-19)23(27)24-21-9-5-6-10-22(21)29-20-7-3-2-4-8-20/h2-10,18-19H,11-17H2,1H3,(H,24,27). The highest BCUT2D eigenvalue weighted by molar-refractivity contribution is 5.91. The molecule has 6 heteroatoms. The largest absolute Gasteiger partial charge is 0.455 e. The molecule has 2 heterocycles. The Morgan fingerprint density at radius 3 is 2.52 bits per heavy atom. The highest BCUT2D eigenvalue weighted by atomic mass is 16.5. The van der Waals surface area contributed by atoms with Gasteiger partial charge in [0.1, 0.15) is 5.75 Å². The average molecular weight is 396 g/mol. The summed E-state index contributed by atoms with van der Waals surface area (Å²) < 4.78 is 11.6. The average Bonchev–Trinajstić information content (AvgIpc) is 2.76. The Bertz CT molecular complexity index is 806. The van der Waals surface area contributed by atoms with E-state index in [4.69, 9.17) is 9.47 Å². The summed E-state index contributed by atoms with van der Waals surface area (Å²) in [5, 5.41) is 3.03. The number of anilines is 1. The van der Waals surface area contributed by atoms with E-state index in [2.05, 4.69) is 17.1 Å². The van der Waals surface area contributed by atoms with Crippen molar-refractivity contribution in [1.82, 2.24) is 9.80 Å². The minimum atomic E-state index is -0.0668. The van der Waals surface area contributed by atoms with Crippen LogP contribution in [0.5, 0.6) is 11.5 Å². The fourth-order valence-electron chi connectivity index (χ4n) is 4.08. The Kier molecular flexibility index (Phi) is 6.32. The van der Waals surface area contributed by atoms with E-state index < -0.39 is 0 Å². The maximum absolute atomic E-state index is 12.8. The summed E-state index contributed by atoms with van der Waals surface area (Å²) in [6.45, 7) is 6.45. The molecule has 0 radical (unpaired) electrons. The summed E-state index contributed by atoms with van der Waals surface area (Å²) in [5.41, 5.74) is 0.686. The Labute approximate surface area is 172 Å². The number of carbonyl (C=O) groups excluding carboxylic acids is 1. The van der Waals surface area contributed by atoms with Crippen LogP contribution >= 0.6 is 0 Å². The van der Waals surface area contributed by atoms with Crippen LogP contribution in [0.1, 0.15) is 19.8 Å². The molecule has 0 spiro atoms. The quantitative estimate of drug-likeness (QED) is 0.843. The molecule has 29 heavy (non-hydrogen) atoms. The zero-order valence-corrected chi connectivity index (χ0v) is 16.9. The third-order valence-electron chi connectivity index (χ3n) is 5.64. The first-order valence-corrected chi connectivity index (χ1v) is 10.4. The second-order valence-electron chi connectivity index (χ2n) is 7.74. The number of benzene rings is 2. The molecule has 2 saturated heterocycles. The predicted molar refractivity (Wildman–Crippen MR) is 114 cm³/mol. The maximum atomic E-state index is 12.8. The lowest BCUT2D eigenvalue weighted by Crippen LogP contribution is -2.52. The van der Waals surface area contributed by atoms with Crippen molar-refractivity contribution in [2.75, 3.05) is 38.1 Å². The number of ether oxygens (including phenoxy) is 2. The third-order valence-corrected chi connectivity index (χ3v) is 5.64. The second kappa shape index (κ2) is 9.29. The van der Waals surface area contributed by atoms with E-state index in [-0.39, 0.29) is 6.03 Å². The number of nitrogens with one attached hydrogen (secondary N) is 1. The number of hydrogen-bond donors (Lipinski definition) is 1. The van der Waals surface area contributed by atoms with Crippen LogP contribution in [0, 0.1) is 0 Å². The first-order valence-electron chi connectivity index (χ1n) is 10.4. The van der Waals surface area contributed by atoms with Gasteiger partial charge in [-0.15, -0.1) is 0 Å². The smallest absolute Gasteiger partial charge is 0.321 e. The number of para-hydroxylation sites is 3. The SMILES string of the molecule is CC1CN(C2CCN(C(=O)Nc3ccccc3Oc3ccccc3)CC2)CCO1. The highest BCUT2D eigenvalue weighted by Crippen LogP contribution is 2.29. The van der Waals surface area contributed by atoms with Gasteiger partial charge in [0.2, 0.25) is 0 Å². The van der Waals surface area contributed by atoms with Gasteiger partial charge >= 0.3 is 6.03 Å². The summed E-state index contributed by atoms with van der Waals surface area (Å²) in [7, 11) is 0. The van der Waals surface area contributed by atoms with Crippen LogP contribution < -0.4 is 10.1 Å². The van der Waals surface area contributed by atoms with Gasteiger partial charge in [0, 0.05) is 32.2 Å². The monoisotopic (exact) mass is 395 g/mol. The second-order valence-corrected chi connectivity index (χ2v) is 7.74. The Balaban J connectivity index is 1.33. The number of rotatable bonds is 4. The first-order chi connectivity index (χ1) is 14.2. The van der Waals surface area contributed by atoms with Crippen molar-refractivity contribution in [2.45, 2.75) is 31.9 Å². The number of carbonyl (C=O) groups is 1. The van der Waals surface area contributed by atoms with Gasteiger partial charge in [-0.1, -0.05) is 30.3 Å². The van der Waals surface area contributed by atoms with Crippen LogP contribution in [0.15, 0.2) is 54.6 Å². The molecule has 0 aliphatic carbocycles. The van der Waals surface area contributed by atoms with E-state index in [0.717, 1.165) is 51.4 Å². The zero-order chi connectivity index (χ0) is 20.1. The van der Waals surface area contributed by atoms with Gasteiger partial charge in [-0.25, -0.2) is 4.79 Å². The molecule has 0 aromatic heterocycles. The minimum Gasteiger partial charge on any atom is -0.455 e. The molecule has 2 aromatic carbocycles. The molecule has 0 saturated carbocycles. The van der Waals surface area contributed by atoms with Crippen LogP contribution in [-0.4, -0.2) is 60.8 Å². The van der Waals surface area contributed by atoms with Gasteiger partial charge in [0.25, 0.3) is 0 Å². The van der Waals surface area contributed by atoms with Crippen molar-refractivity contribution < 1.29 is 14.3 Å². The molecule has 2 amide bonds. The number of morpholine rings is 1. The Morgan fingerprint density at radius 1 is 1.03 bits per heavy atom. The molecule has 2 aromatic rings. The molecule has 2 fully saturated rings. The summed E-state index contributed by atoms with van der Waals surface area (Å²) in [4.78, 5) is 17.3. The van der Waals surface area contributed by atoms with Crippen molar-refractivity contribution in [3.8, 4) is 11.5 Å². The molecule has 2 aliphatic heterocycles. The molecule has 154 valence electrons. The van der Waals surface area contributed by atoms with Gasteiger partial charge < -0.3 is 19.7 Å². The number of amides is 2. The van der Waals surface area contributed by atoms with Crippen molar-refractivity contribution in [3.63, 3.8) is 0 Å². The molecule has 1 atom stereocenters.